The number of urea groups is 1. The fourth-order valence-electron chi connectivity index (χ4n) is 1.53. The van der Waals surface area contributed by atoms with E-state index >= 15 is 0 Å². The molecule has 0 bridgehead atoms. The van der Waals surface area contributed by atoms with Crippen molar-refractivity contribution in [1.82, 2.24) is 10.2 Å². The summed E-state index contributed by atoms with van der Waals surface area (Å²) >= 11 is 0. The standard InChI is InChI=1S/C8H14N2O4/c1-2-9-8(14)10-4-5(11)3-6(10)7(12)13/h5-6,11H,2-4H2,1H3,(H,9,14)(H,12,13). The zero-order valence-corrected chi connectivity index (χ0v) is 7.93. The molecule has 0 radical (unpaired) electrons. The number of carbonyl (C=O) groups excluding carboxylic acids is 1. The number of nitrogens with one attached hydrogen (secondary N) is 1. The smallest absolute Gasteiger partial charge is 0.326 e. The summed E-state index contributed by atoms with van der Waals surface area (Å²) < 4.78 is 0. The normalized spacial score (nSPS) is 26.3. The van der Waals surface area contributed by atoms with Gasteiger partial charge in [0.05, 0.1) is 6.10 Å². The third-order valence-electron chi connectivity index (χ3n) is 2.15. The van der Waals surface area contributed by atoms with Crippen LogP contribution < -0.4 is 5.32 Å². The van der Waals surface area contributed by atoms with Crippen molar-refractivity contribution < 1.29 is 19.8 Å². The number of carboxylic acid groups (broad SMARTS) is 1. The van der Waals surface area contributed by atoms with Crippen LogP contribution in [0.25, 0.3) is 0 Å². The first-order valence-corrected chi connectivity index (χ1v) is 4.51. The van der Waals surface area contributed by atoms with Crippen molar-refractivity contribution in [3.05, 3.63) is 0 Å². The molecule has 2 amide bonds. The van der Waals surface area contributed by atoms with Crippen LogP contribution in [0.4, 0.5) is 4.79 Å². The summed E-state index contributed by atoms with van der Waals surface area (Å²) in [4.78, 5) is 23.2. The lowest BCUT2D eigenvalue weighted by molar-refractivity contribution is -0.141. The highest BCUT2D eigenvalue weighted by Gasteiger charge is 2.38. The Balaban J connectivity index is 2.66. The van der Waals surface area contributed by atoms with Gasteiger partial charge in [0.1, 0.15) is 6.04 Å². The third kappa shape index (κ3) is 2.14. The SMILES string of the molecule is CCNC(=O)N1CC(O)CC1C(=O)O. The van der Waals surface area contributed by atoms with Gasteiger partial charge in [0.25, 0.3) is 0 Å². The van der Waals surface area contributed by atoms with E-state index in [-0.39, 0.29) is 13.0 Å². The second-order valence-corrected chi connectivity index (χ2v) is 3.23. The van der Waals surface area contributed by atoms with Crippen LogP contribution in [0, 0.1) is 0 Å². The van der Waals surface area contributed by atoms with Crippen LogP contribution in [0.1, 0.15) is 13.3 Å². The minimum absolute atomic E-state index is 0.0861. The molecule has 0 spiro atoms. The Bertz CT molecular complexity index is 243. The Labute approximate surface area is 81.5 Å². The van der Waals surface area contributed by atoms with Gasteiger partial charge in [0.15, 0.2) is 0 Å². The van der Waals surface area contributed by atoms with Crippen LogP contribution in [-0.4, -0.2) is 52.3 Å². The first-order chi connectivity index (χ1) is 6.56. The Kier molecular flexibility index (Phi) is 3.29. The molecule has 3 N–H and O–H groups in total. The van der Waals surface area contributed by atoms with Gasteiger partial charge in [0.2, 0.25) is 0 Å². The van der Waals surface area contributed by atoms with Gasteiger partial charge in [-0.25, -0.2) is 9.59 Å². The third-order valence-corrected chi connectivity index (χ3v) is 2.15. The molecular weight excluding hydrogens is 188 g/mol. The minimum Gasteiger partial charge on any atom is -0.480 e. The lowest BCUT2D eigenvalue weighted by Crippen LogP contribution is -2.46. The van der Waals surface area contributed by atoms with Gasteiger partial charge in [-0.05, 0) is 6.92 Å². The van der Waals surface area contributed by atoms with E-state index in [0.29, 0.717) is 6.54 Å². The largest absolute Gasteiger partial charge is 0.480 e. The predicted molar refractivity (Wildman–Crippen MR) is 47.8 cm³/mol. The topological polar surface area (TPSA) is 89.9 Å². The van der Waals surface area contributed by atoms with E-state index in [9.17, 15) is 14.7 Å². The van der Waals surface area contributed by atoms with Gasteiger partial charge in [0, 0.05) is 19.5 Å². The number of hydrogen-bond donors (Lipinski definition) is 3. The summed E-state index contributed by atoms with van der Waals surface area (Å²) in [7, 11) is 0. The molecule has 0 aliphatic carbocycles. The van der Waals surface area contributed by atoms with E-state index in [1.807, 2.05) is 0 Å². The van der Waals surface area contributed by atoms with Gasteiger partial charge in [-0.15, -0.1) is 0 Å². The molecule has 0 aromatic rings. The average molecular weight is 202 g/mol. The lowest BCUT2D eigenvalue weighted by Gasteiger charge is -2.20. The number of aliphatic carboxylic acids is 1. The summed E-state index contributed by atoms with van der Waals surface area (Å²) in [6.45, 7) is 2.28. The number of nitrogens with zero attached hydrogens (tertiary/aromatic N) is 1. The molecule has 1 saturated heterocycles. The van der Waals surface area contributed by atoms with Crippen molar-refractivity contribution in [2.24, 2.45) is 0 Å². The first kappa shape index (κ1) is 10.8. The quantitative estimate of drug-likeness (QED) is 0.548. The second kappa shape index (κ2) is 4.28. The number of aliphatic hydroxyl groups is 1. The molecule has 14 heavy (non-hydrogen) atoms. The molecule has 0 saturated carbocycles. The molecule has 6 heteroatoms. The van der Waals surface area contributed by atoms with Gasteiger partial charge in [-0.2, -0.15) is 0 Å². The van der Waals surface area contributed by atoms with E-state index in [0.717, 1.165) is 4.90 Å². The van der Waals surface area contributed by atoms with Crippen molar-refractivity contribution in [3.8, 4) is 0 Å². The summed E-state index contributed by atoms with van der Waals surface area (Å²) in [5, 5.41) is 20.5. The number of amides is 2. The molecule has 1 rings (SSSR count). The minimum atomic E-state index is -1.08. The van der Waals surface area contributed by atoms with E-state index in [1.54, 1.807) is 6.92 Å². The maximum Gasteiger partial charge on any atom is 0.326 e. The van der Waals surface area contributed by atoms with Crippen molar-refractivity contribution in [3.63, 3.8) is 0 Å². The number of β-amino-alcohol motifs (C(OH)–C–C–N with tert-alkyl or cyclic N) is 1. The summed E-state index contributed by atoms with van der Waals surface area (Å²) in [5.41, 5.74) is 0. The van der Waals surface area contributed by atoms with Gasteiger partial charge < -0.3 is 20.4 Å². The molecule has 1 fully saturated rings. The lowest BCUT2D eigenvalue weighted by atomic mass is 10.2. The molecule has 1 aliphatic heterocycles. The van der Waals surface area contributed by atoms with Crippen molar-refractivity contribution >= 4 is 12.0 Å². The predicted octanol–water partition coefficient (Wildman–Crippen LogP) is -0.764. The highest BCUT2D eigenvalue weighted by molar-refractivity contribution is 5.83. The zero-order valence-electron chi connectivity index (χ0n) is 7.93. The van der Waals surface area contributed by atoms with Crippen molar-refractivity contribution in [1.29, 1.82) is 0 Å². The van der Waals surface area contributed by atoms with Gasteiger partial charge >= 0.3 is 12.0 Å². The molecule has 80 valence electrons. The Morgan fingerprint density at radius 3 is 2.71 bits per heavy atom. The number of carboxylic acids is 1. The second-order valence-electron chi connectivity index (χ2n) is 3.23. The van der Waals surface area contributed by atoms with Crippen molar-refractivity contribution in [2.75, 3.05) is 13.1 Å². The molecule has 0 aromatic carbocycles. The molecule has 1 aliphatic rings. The van der Waals surface area contributed by atoms with Crippen LogP contribution >= 0.6 is 0 Å². The number of hydrogen-bond acceptors (Lipinski definition) is 3. The molecule has 0 aromatic heterocycles. The van der Waals surface area contributed by atoms with Crippen molar-refractivity contribution in [2.45, 2.75) is 25.5 Å². The van der Waals surface area contributed by atoms with Crippen LogP contribution in [0.2, 0.25) is 0 Å². The monoisotopic (exact) mass is 202 g/mol. The van der Waals surface area contributed by atoms with Gasteiger partial charge in [-0.3, -0.25) is 0 Å². The number of likely N-dealkylation sites (tertiary alicyclic amines) is 1. The number of carbonyl (C=O) groups is 2. The van der Waals surface area contributed by atoms with Gasteiger partial charge in [-0.1, -0.05) is 0 Å². The van der Waals surface area contributed by atoms with E-state index in [1.165, 1.54) is 0 Å². The first-order valence-electron chi connectivity index (χ1n) is 4.51. The summed E-state index contributed by atoms with van der Waals surface area (Å²) in [6.07, 6.45) is -0.634. The molecule has 2 atom stereocenters. The van der Waals surface area contributed by atoms with E-state index in [4.69, 9.17) is 5.11 Å². The Hall–Kier alpha value is -1.30. The maximum atomic E-state index is 11.3. The summed E-state index contributed by atoms with van der Waals surface area (Å²) in [5.74, 6) is -1.08. The Morgan fingerprint density at radius 2 is 2.21 bits per heavy atom. The van der Waals surface area contributed by atoms with E-state index in [2.05, 4.69) is 5.32 Å². The summed E-state index contributed by atoms with van der Waals surface area (Å²) in [6, 6.07) is -1.34. The maximum absolute atomic E-state index is 11.3. The Morgan fingerprint density at radius 1 is 1.57 bits per heavy atom. The fourth-order valence-corrected chi connectivity index (χ4v) is 1.53. The number of aliphatic hydroxyl groups excluding tert-OH is 1. The van der Waals surface area contributed by atoms with Crippen LogP contribution in [0.3, 0.4) is 0 Å². The van der Waals surface area contributed by atoms with Crippen LogP contribution in [0.15, 0.2) is 0 Å². The highest BCUT2D eigenvalue weighted by atomic mass is 16.4. The zero-order chi connectivity index (χ0) is 10.7. The molecule has 6 nitrogen and oxygen atoms in total. The average Bonchev–Trinajstić information content (AvgIpc) is 2.48. The van der Waals surface area contributed by atoms with Crippen LogP contribution in [0.5, 0.6) is 0 Å². The van der Waals surface area contributed by atoms with E-state index < -0.39 is 24.1 Å². The molecular formula is C8H14N2O4. The fraction of sp³-hybridized carbons (Fsp3) is 0.750. The number of rotatable bonds is 2. The highest BCUT2D eigenvalue weighted by Crippen LogP contribution is 2.17. The van der Waals surface area contributed by atoms with Crippen LogP contribution in [-0.2, 0) is 4.79 Å². The molecule has 1 heterocycles. The molecule has 2 unspecified atom stereocenters.